The van der Waals surface area contributed by atoms with Crippen molar-refractivity contribution in [2.45, 2.75) is 25.4 Å². The van der Waals surface area contributed by atoms with Crippen LogP contribution in [0.4, 0.5) is 0 Å². The molecule has 1 unspecified atom stereocenters. The molecule has 0 amide bonds. The molecule has 1 fully saturated rings. The number of aromatic nitrogens is 1. The van der Waals surface area contributed by atoms with Gasteiger partial charge in [0, 0.05) is 28.6 Å². The minimum atomic E-state index is 0.593. The fourth-order valence-corrected chi connectivity index (χ4v) is 4.05. The third kappa shape index (κ3) is 3.81. The molecule has 0 bridgehead atoms. The molecule has 1 saturated heterocycles. The Balaban J connectivity index is 1.72. The van der Waals surface area contributed by atoms with Crippen LogP contribution in [0.2, 0.25) is 10.0 Å². The van der Waals surface area contributed by atoms with Crippen molar-refractivity contribution in [3.63, 3.8) is 0 Å². The summed E-state index contributed by atoms with van der Waals surface area (Å²) in [5.74, 6) is 0. The fraction of sp³-hybridized carbons (Fsp3) is 0.438. The van der Waals surface area contributed by atoms with Gasteiger partial charge in [-0.2, -0.15) is 0 Å². The third-order valence-electron chi connectivity index (χ3n) is 4.03. The summed E-state index contributed by atoms with van der Waals surface area (Å²) in [6, 6.07) is 6.09. The standard InChI is InChI=1S/C16H19Cl2N3S/c1-19-12-3-2-6-21(8-12)9-16-20-15(10-22-16)13-7-11(17)4-5-14(13)18/h4-5,7,10,12,19H,2-3,6,8-9H2,1H3. The lowest BCUT2D eigenvalue weighted by molar-refractivity contribution is 0.188. The minimum Gasteiger partial charge on any atom is -0.316 e. The van der Waals surface area contributed by atoms with Crippen molar-refractivity contribution in [2.24, 2.45) is 0 Å². The monoisotopic (exact) mass is 355 g/mol. The number of nitrogens with zero attached hydrogens (tertiary/aromatic N) is 2. The van der Waals surface area contributed by atoms with E-state index in [1.54, 1.807) is 17.4 Å². The predicted molar refractivity (Wildman–Crippen MR) is 94.9 cm³/mol. The van der Waals surface area contributed by atoms with E-state index < -0.39 is 0 Å². The van der Waals surface area contributed by atoms with E-state index in [2.05, 4.69) is 15.6 Å². The summed E-state index contributed by atoms with van der Waals surface area (Å²) in [6.45, 7) is 3.13. The van der Waals surface area contributed by atoms with Gasteiger partial charge in [-0.1, -0.05) is 23.2 Å². The zero-order valence-corrected chi connectivity index (χ0v) is 14.8. The Labute approximate surface area is 145 Å². The number of nitrogens with one attached hydrogen (secondary N) is 1. The van der Waals surface area contributed by atoms with Gasteiger partial charge in [-0.05, 0) is 44.6 Å². The average Bonchev–Trinajstić information content (AvgIpc) is 2.98. The molecule has 3 nitrogen and oxygen atoms in total. The summed E-state index contributed by atoms with van der Waals surface area (Å²) in [5, 5.41) is 7.93. The van der Waals surface area contributed by atoms with Gasteiger partial charge in [0.05, 0.1) is 17.3 Å². The van der Waals surface area contributed by atoms with Crippen molar-refractivity contribution in [1.82, 2.24) is 15.2 Å². The van der Waals surface area contributed by atoms with Crippen molar-refractivity contribution in [2.75, 3.05) is 20.1 Å². The Kier molecular flexibility index (Phi) is 5.37. The van der Waals surface area contributed by atoms with E-state index in [9.17, 15) is 0 Å². The van der Waals surface area contributed by atoms with Gasteiger partial charge in [0.25, 0.3) is 0 Å². The molecule has 1 aliphatic rings. The highest BCUT2D eigenvalue weighted by molar-refractivity contribution is 7.09. The molecule has 0 spiro atoms. The number of benzene rings is 1. The van der Waals surface area contributed by atoms with Crippen LogP contribution in [-0.4, -0.2) is 36.1 Å². The van der Waals surface area contributed by atoms with Crippen molar-refractivity contribution < 1.29 is 0 Å². The maximum absolute atomic E-state index is 6.26. The van der Waals surface area contributed by atoms with Gasteiger partial charge in [-0.15, -0.1) is 11.3 Å². The van der Waals surface area contributed by atoms with Crippen LogP contribution in [0.1, 0.15) is 17.8 Å². The van der Waals surface area contributed by atoms with E-state index in [-0.39, 0.29) is 0 Å². The van der Waals surface area contributed by atoms with E-state index in [4.69, 9.17) is 28.2 Å². The van der Waals surface area contributed by atoms with Crippen molar-refractivity contribution in [1.29, 1.82) is 0 Å². The number of hydrogen-bond acceptors (Lipinski definition) is 4. The first-order valence-corrected chi connectivity index (χ1v) is 9.08. The smallest absolute Gasteiger partial charge is 0.107 e. The lowest BCUT2D eigenvalue weighted by Gasteiger charge is -2.31. The number of piperidine rings is 1. The van der Waals surface area contributed by atoms with E-state index in [1.807, 2.05) is 19.2 Å². The van der Waals surface area contributed by atoms with Crippen LogP contribution in [0.25, 0.3) is 11.3 Å². The van der Waals surface area contributed by atoms with E-state index >= 15 is 0 Å². The lowest BCUT2D eigenvalue weighted by Crippen LogP contribution is -2.43. The zero-order valence-electron chi connectivity index (χ0n) is 12.5. The first-order valence-electron chi connectivity index (χ1n) is 7.45. The zero-order chi connectivity index (χ0) is 15.5. The van der Waals surface area contributed by atoms with Gasteiger partial charge in [0.2, 0.25) is 0 Å². The molecule has 2 heterocycles. The van der Waals surface area contributed by atoms with Crippen LogP contribution < -0.4 is 5.32 Å². The molecular formula is C16H19Cl2N3S. The Bertz CT molecular complexity index is 644. The third-order valence-corrected chi connectivity index (χ3v) is 5.43. The van der Waals surface area contributed by atoms with Crippen LogP contribution in [-0.2, 0) is 6.54 Å². The summed E-state index contributed by atoms with van der Waals surface area (Å²) in [6.07, 6.45) is 2.50. The van der Waals surface area contributed by atoms with Gasteiger partial charge in [0.15, 0.2) is 0 Å². The summed E-state index contributed by atoms with van der Waals surface area (Å²) < 4.78 is 0. The number of hydrogen-bond donors (Lipinski definition) is 1. The van der Waals surface area contributed by atoms with Gasteiger partial charge < -0.3 is 5.32 Å². The first kappa shape index (κ1) is 16.2. The second-order valence-electron chi connectivity index (χ2n) is 5.61. The van der Waals surface area contributed by atoms with Crippen molar-refractivity contribution in [3.05, 3.63) is 38.6 Å². The summed E-state index contributed by atoms with van der Waals surface area (Å²) >= 11 is 14.0. The second-order valence-corrected chi connectivity index (χ2v) is 7.40. The normalized spacial score (nSPS) is 19.5. The molecule has 0 radical (unpaired) electrons. The SMILES string of the molecule is CNC1CCCN(Cc2nc(-c3cc(Cl)ccc3Cl)cs2)C1. The minimum absolute atomic E-state index is 0.593. The number of rotatable bonds is 4. The van der Waals surface area contributed by atoms with Gasteiger partial charge in [0.1, 0.15) is 5.01 Å². The van der Waals surface area contributed by atoms with Crippen LogP contribution in [0.15, 0.2) is 23.6 Å². The van der Waals surface area contributed by atoms with Gasteiger partial charge in [-0.25, -0.2) is 4.98 Å². The Morgan fingerprint density at radius 3 is 3.09 bits per heavy atom. The number of halogens is 2. The summed E-state index contributed by atoms with van der Waals surface area (Å²) in [4.78, 5) is 7.21. The molecule has 2 aromatic rings. The van der Waals surface area contributed by atoms with Crippen LogP contribution >= 0.6 is 34.5 Å². The summed E-state index contributed by atoms with van der Waals surface area (Å²) in [7, 11) is 2.04. The molecule has 1 aromatic carbocycles. The summed E-state index contributed by atoms with van der Waals surface area (Å²) in [5.41, 5.74) is 1.82. The van der Waals surface area contributed by atoms with Crippen molar-refractivity contribution in [3.8, 4) is 11.3 Å². The predicted octanol–water partition coefficient (Wildman–Crippen LogP) is 4.30. The van der Waals surface area contributed by atoms with Crippen molar-refractivity contribution >= 4 is 34.5 Å². The maximum atomic E-state index is 6.26. The number of likely N-dealkylation sites (tertiary alicyclic amines) is 1. The van der Waals surface area contributed by atoms with Crippen LogP contribution in [0.5, 0.6) is 0 Å². The number of thiazole rings is 1. The fourth-order valence-electron chi connectivity index (χ4n) is 2.83. The maximum Gasteiger partial charge on any atom is 0.107 e. The van der Waals surface area contributed by atoms with Crippen LogP contribution in [0.3, 0.4) is 0 Å². The van der Waals surface area contributed by atoms with E-state index in [0.29, 0.717) is 16.1 Å². The quantitative estimate of drug-likeness (QED) is 0.885. The average molecular weight is 356 g/mol. The molecule has 22 heavy (non-hydrogen) atoms. The molecule has 118 valence electrons. The second kappa shape index (κ2) is 7.28. The first-order chi connectivity index (χ1) is 10.7. The lowest BCUT2D eigenvalue weighted by atomic mass is 10.1. The highest BCUT2D eigenvalue weighted by Crippen LogP contribution is 2.31. The number of likely N-dealkylation sites (N-methyl/N-ethyl adjacent to an activating group) is 1. The molecule has 1 N–H and O–H groups in total. The van der Waals surface area contributed by atoms with E-state index in [0.717, 1.165) is 35.9 Å². The molecular weight excluding hydrogens is 337 g/mol. The molecule has 3 rings (SSSR count). The molecule has 1 aliphatic heterocycles. The molecule has 0 aliphatic carbocycles. The highest BCUT2D eigenvalue weighted by Gasteiger charge is 2.19. The van der Waals surface area contributed by atoms with Gasteiger partial charge >= 0.3 is 0 Å². The van der Waals surface area contributed by atoms with E-state index in [1.165, 1.54) is 12.8 Å². The molecule has 6 heteroatoms. The molecule has 0 saturated carbocycles. The molecule has 1 atom stereocenters. The highest BCUT2D eigenvalue weighted by atomic mass is 35.5. The topological polar surface area (TPSA) is 28.2 Å². The largest absolute Gasteiger partial charge is 0.316 e. The Morgan fingerprint density at radius 1 is 1.41 bits per heavy atom. The van der Waals surface area contributed by atoms with Crippen LogP contribution in [0, 0.1) is 0 Å². The van der Waals surface area contributed by atoms with Gasteiger partial charge in [-0.3, -0.25) is 4.90 Å². The molecule has 1 aromatic heterocycles. The Hall–Kier alpha value is -0.650. The Morgan fingerprint density at radius 2 is 2.27 bits per heavy atom.